The van der Waals surface area contributed by atoms with Crippen molar-refractivity contribution in [3.63, 3.8) is 0 Å². The van der Waals surface area contributed by atoms with Crippen molar-refractivity contribution in [2.45, 2.75) is 31.7 Å². The van der Waals surface area contributed by atoms with Gasteiger partial charge in [-0.3, -0.25) is 0 Å². The lowest BCUT2D eigenvalue weighted by atomic mass is 10.1. The minimum atomic E-state index is -0.426. The number of halogens is 1. The average Bonchev–Trinajstić information content (AvgIpc) is 2.81. The molecule has 0 aromatic heterocycles. The van der Waals surface area contributed by atoms with Crippen molar-refractivity contribution in [3.8, 4) is 6.07 Å². The molecule has 1 aromatic rings. The predicted octanol–water partition coefficient (Wildman–Crippen LogP) is 3.08. The smallest absolute Gasteiger partial charge is 0.143 e. The lowest BCUT2D eigenvalue weighted by Gasteiger charge is -2.27. The highest BCUT2D eigenvalue weighted by Gasteiger charge is 2.22. The van der Waals surface area contributed by atoms with Gasteiger partial charge in [-0.15, -0.1) is 0 Å². The van der Waals surface area contributed by atoms with E-state index in [1.807, 2.05) is 19.2 Å². The average molecular weight is 218 g/mol. The van der Waals surface area contributed by atoms with Gasteiger partial charge < -0.3 is 4.90 Å². The first kappa shape index (κ1) is 10.9. The van der Waals surface area contributed by atoms with Crippen LogP contribution in [0.4, 0.5) is 10.1 Å². The molecule has 0 spiro atoms. The molecule has 2 rings (SSSR count). The Morgan fingerprint density at radius 2 is 2.06 bits per heavy atom. The lowest BCUT2D eigenvalue weighted by Crippen LogP contribution is -2.29. The Balaban J connectivity index is 2.32. The van der Waals surface area contributed by atoms with Gasteiger partial charge in [-0.2, -0.15) is 5.26 Å². The van der Waals surface area contributed by atoms with Crippen LogP contribution in [0.1, 0.15) is 31.2 Å². The molecule has 0 amide bonds. The van der Waals surface area contributed by atoms with Crippen LogP contribution in [0.25, 0.3) is 0 Å². The number of hydrogen-bond donors (Lipinski definition) is 0. The maximum absolute atomic E-state index is 13.4. The van der Waals surface area contributed by atoms with Crippen molar-refractivity contribution in [1.29, 1.82) is 5.26 Å². The van der Waals surface area contributed by atoms with Gasteiger partial charge in [0.2, 0.25) is 0 Å². The van der Waals surface area contributed by atoms with Gasteiger partial charge in [-0.25, -0.2) is 4.39 Å². The largest absolute Gasteiger partial charge is 0.370 e. The first-order chi connectivity index (χ1) is 7.74. The molecule has 2 nitrogen and oxygen atoms in total. The van der Waals surface area contributed by atoms with E-state index < -0.39 is 5.82 Å². The molecule has 1 aromatic carbocycles. The highest BCUT2D eigenvalue weighted by Crippen LogP contribution is 2.29. The summed E-state index contributed by atoms with van der Waals surface area (Å²) in [6.07, 6.45) is 4.73. The predicted molar refractivity (Wildman–Crippen MR) is 61.8 cm³/mol. The first-order valence-corrected chi connectivity index (χ1v) is 5.65. The van der Waals surface area contributed by atoms with Gasteiger partial charge in [0, 0.05) is 13.1 Å². The summed E-state index contributed by atoms with van der Waals surface area (Å²) < 4.78 is 13.4. The topological polar surface area (TPSA) is 27.0 Å². The van der Waals surface area contributed by atoms with Crippen LogP contribution in [0.15, 0.2) is 18.2 Å². The van der Waals surface area contributed by atoms with E-state index in [2.05, 4.69) is 4.90 Å². The normalized spacial score (nSPS) is 16.1. The Bertz CT molecular complexity index is 416. The molecular formula is C13H15FN2. The third kappa shape index (κ3) is 1.88. The fourth-order valence-electron chi connectivity index (χ4n) is 2.41. The molecule has 16 heavy (non-hydrogen) atoms. The van der Waals surface area contributed by atoms with Crippen LogP contribution in [0, 0.1) is 17.1 Å². The Morgan fingerprint density at radius 3 is 2.69 bits per heavy atom. The van der Waals surface area contributed by atoms with Crippen LogP contribution >= 0.6 is 0 Å². The second kappa shape index (κ2) is 4.52. The summed E-state index contributed by atoms with van der Waals surface area (Å²) in [4.78, 5) is 2.05. The van der Waals surface area contributed by atoms with Crippen molar-refractivity contribution in [1.82, 2.24) is 0 Å². The summed E-state index contributed by atoms with van der Waals surface area (Å²) in [5, 5.41) is 8.97. The van der Waals surface area contributed by atoms with Crippen LogP contribution in [-0.4, -0.2) is 13.1 Å². The van der Waals surface area contributed by atoms with E-state index in [0.717, 1.165) is 18.5 Å². The lowest BCUT2D eigenvalue weighted by molar-refractivity contribution is 0.615. The zero-order valence-electron chi connectivity index (χ0n) is 9.41. The molecule has 0 atom stereocenters. The summed E-state index contributed by atoms with van der Waals surface area (Å²) in [6, 6.07) is 7.23. The molecule has 1 fully saturated rings. The van der Waals surface area contributed by atoms with Crippen molar-refractivity contribution < 1.29 is 4.39 Å². The molecule has 0 saturated heterocycles. The second-order valence-corrected chi connectivity index (χ2v) is 4.29. The molecule has 1 aliphatic carbocycles. The van der Waals surface area contributed by atoms with Crippen molar-refractivity contribution in [2.24, 2.45) is 0 Å². The monoisotopic (exact) mass is 218 g/mol. The number of nitriles is 1. The molecule has 84 valence electrons. The van der Waals surface area contributed by atoms with Crippen molar-refractivity contribution in [2.75, 3.05) is 11.9 Å². The SMILES string of the molecule is CN(c1cccc(F)c1C#N)C1CCCC1. The standard InChI is InChI=1S/C13H15FN2/c1-16(10-5-2-3-6-10)13-8-4-7-12(14)11(13)9-15/h4,7-8,10H,2-3,5-6H2,1H3. The maximum atomic E-state index is 13.4. The van der Waals surface area contributed by atoms with Crippen LogP contribution in [0.2, 0.25) is 0 Å². The van der Waals surface area contributed by atoms with Gasteiger partial charge in [0.05, 0.1) is 5.69 Å². The van der Waals surface area contributed by atoms with Gasteiger partial charge in [0.1, 0.15) is 17.4 Å². The van der Waals surface area contributed by atoms with Gasteiger partial charge >= 0.3 is 0 Å². The van der Waals surface area contributed by atoms with Crippen LogP contribution < -0.4 is 4.90 Å². The first-order valence-electron chi connectivity index (χ1n) is 5.65. The highest BCUT2D eigenvalue weighted by atomic mass is 19.1. The zero-order chi connectivity index (χ0) is 11.5. The van der Waals surface area contributed by atoms with Crippen LogP contribution in [-0.2, 0) is 0 Å². The fraction of sp³-hybridized carbons (Fsp3) is 0.462. The summed E-state index contributed by atoms with van der Waals surface area (Å²) in [6.45, 7) is 0. The number of benzene rings is 1. The van der Waals surface area contributed by atoms with E-state index in [1.165, 1.54) is 18.9 Å². The Kier molecular flexibility index (Phi) is 3.09. The van der Waals surface area contributed by atoms with Crippen molar-refractivity contribution in [3.05, 3.63) is 29.6 Å². The molecule has 1 aliphatic rings. The highest BCUT2D eigenvalue weighted by molar-refractivity contribution is 5.60. The zero-order valence-corrected chi connectivity index (χ0v) is 9.41. The molecule has 0 heterocycles. The Hall–Kier alpha value is -1.56. The van der Waals surface area contributed by atoms with E-state index in [0.29, 0.717) is 6.04 Å². The van der Waals surface area contributed by atoms with Crippen molar-refractivity contribution >= 4 is 5.69 Å². The number of nitrogens with zero attached hydrogens (tertiary/aromatic N) is 2. The third-order valence-corrected chi connectivity index (χ3v) is 3.36. The van der Waals surface area contributed by atoms with E-state index in [1.54, 1.807) is 6.07 Å². The second-order valence-electron chi connectivity index (χ2n) is 4.29. The Labute approximate surface area is 95.3 Å². The number of hydrogen-bond acceptors (Lipinski definition) is 2. The molecule has 1 saturated carbocycles. The van der Waals surface area contributed by atoms with E-state index in [9.17, 15) is 4.39 Å². The summed E-state index contributed by atoms with van der Waals surface area (Å²) in [7, 11) is 1.95. The van der Waals surface area contributed by atoms with Gasteiger partial charge in [0.15, 0.2) is 0 Å². The quantitative estimate of drug-likeness (QED) is 0.762. The molecule has 0 radical (unpaired) electrons. The molecular weight excluding hydrogens is 203 g/mol. The third-order valence-electron chi connectivity index (χ3n) is 3.36. The summed E-state index contributed by atoms with van der Waals surface area (Å²) in [5.41, 5.74) is 0.881. The van der Waals surface area contributed by atoms with Gasteiger partial charge in [0.25, 0.3) is 0 Å². The van der Waals surface area contributed by atoms with Gasteiger partial charge in [-0.1, -0.05) is 18.9 Å². The fourth-order valence-corrected chi connectivity index (χ4v) is 2.41. The van der Waals surface area contributed by atoms with Crippen LogP contribution in [0.3, 0.4) is 0 Å². The van der Waals surface area contributed by atoms with Gasteiger partial charge in [-0.05, 0) is 25.0 Å². The van der Waals surface area contributed by atoms with Crippen LogP contribution in [0.5, 0.6) is 0 Å². The summed E-state index contributed by atoms with van der Waals surface area (Å²) in [5.74, 6) is -0.426. The molecule has 0 N–H and O–H groups in total. The van der Waals surface area contributed by atoms with E-state index >= 15 is 0 Å². The molecule has 0 aliphatic heterocycles. The minimum absolute atomic E-state index is 0.164. The minimum Gasteiger partial charge on any atom is -0.370 e. The Morgan fingerprint density at radius 1 is 1.38 bits per heavy atom. The molecule has 0 unspecified atom stereocenters. The van der Waals surface area contributed by atoms with E-state index in [4.69, 9.17) is 5.26 Å². The number of rotatable bonds is 2. The summed E-state index contributed by atoms with van der Waals surface area (Å²) >= 11 is 0. The number of anilines is 1. The van der Waals surface area contributed by atoms with E-state index in [-0.39, 0.29) is 5.56 Å². The molecule has 0 bridgehead atoms. The molecule has 3 heteroatoms. The maximum Gasteiger partial charge on any atom is 0.143 e.